The van der Waals surface area contributed by atoms with Crippen LogP contribution in [0.1, 0.15) is 0 Å². The van der Waals surface area contributed by atoms with Gasteiger partial charge in [-0.3, -0.25) is 0 Å². The highest BCUT2D eigenvalue weighted by Gasteiger charge is 2.05. The Morgan fingerprint density at radius 3 is 2.61 bits per heavy atom. The standard InChI is InChI=1S/C11H11BrFN5/c1-15-9-5-10(18-11(14)17-9)16-8-3-2-6(13)4-7(8)12/h2-5H,1H3,(H4,14,15,16,17,18). The lowest BCUT2D eigenvalue weighted by molar-refractivity contribution is 0.627. The molecule has 2 rings (SSSR count). The van der Waals surface area contributed by atoms with Crippen LogP contribution < -0.4 is 16.4 Å². The molecule has 0 unspecified atom stereocenters. The fraction of sp³-hybridized carbons (Fsp3) is 0.0909. The lowest BCUT2D eigenvalue weighted by Crippen LogP contribution is -2.03. The predicted molar refractivity (Wildman–Crippen MR) is 73.4 cm³/mol. The molecule has 0 radical (unpaired) electrons. The number of hydrogen-bond acceptors (Lipinski definition) is 5. The van der Waals surface area contributed by atoms with E-state index in [1.54, 1.807) is 19.2 Å². The van der Waals surface area contributed by atoms with Gasteiger partial charge in [-0.2, -0.15) is 9.97 Å². The number of anilines is 4. The van der Waals surface area contributed by atoms with E-state index in [9.17, 15) is 4.39 Å². The largest absolute Gasteiger partial charge is 0.373 e. The maximum absolute atomic E-state index is 13.0. The highest BCUT2D eigenvalue weighted by Crippen LogP contribution is 2.26. The lowest BCUT2D eigenvalue weighted by Gasteiger charge is -2.09. The smallest absolute Gasteiger partial charge is 0.223 e. The van der Waals surface area contributed by atoms with Gasteiger partial charge in [0.1, 0.15) is 17.5 Å². The predicted octanol–water partition coefficient (Wildman–Crippen LogP) is 2.75. The van der Waals surface area contributed by atoms with E-state index in [1.807, 2.05) is 0 Å². The normalized spacial score (nSPS) is 10.2. The van der Waals surface area contributed by atoms with Crippen LogP contribution in [0.4, 0.5) is 27.7 Å². The molecule has 7 heteroatoms. The third kappa shape index (κ3) is 2.86. The molecule has 0 aliphatic rings. The molecule has 0 saturated heterocycles. The lowest BCUT2D eigenvalue weighted by atomic mass is 10.3. The number of nitrogens with two attached hydrogens (primary N) is 1. The van der Waals surface area contributed by atoms with Crippen LogP contribution in [0, 0.1) is 5.82 Å². The molecule has 0 fully saturated rings. The van der Waals surface area contributed by atoms with Crippen molar-refractivity contribution in [1.29, 1.82) is 0 Å². The zero-order valence-electron chi connectivity index (χ0n) is 9.54. The first-order valence-corrected chi connectivity index (χ1v) is 5.92. The summed E-state index contributed by atoms with van der Waals surface area (Å²) in [4.78, 5) is 8.02. The number of nitrogen functional groups attached to an aromatic ring is 1. The van der Waals surface area contributed by atoms with Crippen LogP contribution in [0.3, 0.4) is 0 Å². The van der Waals surface area contributed by atoms with Gasteiger partial charge >= 0.3 is 0 Å². The van der Waals surface area contributed by atoms with Crippen molar-refractivity contribution in [3.05, 3.63) is 34.6 Å². The van der Waals surface area contributed by atoms with Gasteiger partial charge in [0.2, 0.25) is 5.95 Å². The molecule has 1 aromatic heterocycles. The van der Waals surface area contributed by atoms with Crippen molar-refractivity contribution in [1.82, 2.24) is 9.97 Å². The number of halogens is 2. The van der Waals surface area contributed by atoms with E-state index >= 15 is 0 Å². The van der Waals surface area contributed by atoms with Gasteiger partial charge in [-0.05, 0) is 34.1 Å². The summed E-state index contributed by atoms with van der Waals surface area (Å²) >= 11 is 3.27. The van der Waals surface area contributed by atoms with Crippen LogP contribution in [0.5, 0.6) is 0 Å². The summed E-state index contributed by atoms with van der Waals surface area (Å²) in [6.45, 7) is 0. The van der Waals surface area contributed by atoms with Crippen molar-refractivity contribution in [2.75, 3.05) is 23.4 Å². The minimum Gasteiger partial charge on any atom is -0.373 e. The number of rotatable bonds is 3. The Morgan fingerprint density at radius 1 is 1.22 bits per heavy atom. The van der Waals surface area contributed by atoms with Crippen LogP contribution >= 0.6 is 15.9 Å². The minimum atomic E-state index is -0.314. The molecule has 1 aromatic carbocycles. The van der Waals surface area contributed by atoms with Crippen LogP contribution in [0.25, 0.3) is 0 Å². The molecule has 4 N–H and O–H groups in total. The average molecular weight is 312 g/mol. The third-order valence-electron chi connectivity index (χ3n) is 2.19. The first-order valence-electron chi connectivity index (χ1n) is 5.13. The molecule has 0 saturated carbocycles. The molecule has 0 aliphatic carbocycles. The Labute approximate surface area is 112 Å². The Balaban J connectivity index is 2.30. The molecular weight excluding hydrogens is 301 g/mol. The fourth-order valence-corrected chi connectivity index (χ4v) is 1.84. The summed E-state index contributed by atoms with van der Waals surface area (Å²) in [5, 5.41) is 5.91. The highest BCUT2D eigenvalue weighted by molar-refractivity contribution is 9.10. The third-order valence-corrected chi connectivity index (χ3v) is 2.85. The Kier molecular flexibility index (Phi) is 3.61. The maximum Gasteiger partial charge on any atom is 0.223 e. The molecule has 0 bridgehead atoms. The van der Waals surface area contributed by atoms with E-state index in [0.29, 0.717) is 21.8 Å². The molecular formula is C11H11BrFN5. The van der Waals surface area contributed by atoms with E-state index in [-0.39, 0.29) is 11.8 Å². The second-order valence-corrected chi connectivity index (χ2v) is 4.35. The second-order valence-electron chi connectivity index (χ2n) is 3.50. The molecule has 0 atom stereocenters. The molecule has 0 aliphatic heterocycles. The van der Waals surface area contributed by atoms with Gasteiger partial charge in [-0.25, -0.2) is 4.39 Å². The van der Waals surface area contributed by atoms with E-state index in [2.05, 4.69) is 36.5 Å². The first kappa shape index (κ1) is 12.6. The summed E-state index contributed by atoms with van der Waals surface area (Å²) < 4.78 is 13.6. The molecule has 1 heterocycles. The number of aromatic nitrogens is 2. The summed E-state index contributed by atoms with van der Waals surface area (Å²) in [6.07, 6.45) is 0. The quantitative estimate of drug-likeness (QED) is 0.812. The van der Waals surface area contributed by atoms with Crippen LogP contribution in [-0.4, -0.2) is 17.0 Å². The number of benzene rings is 1. The molecule has 5 nitrogen and oxygen atoms in total. The van der Waals surface area contributed by atoms with E-state index < -0.39 is 0 Å². The SMILES string of the molecule is CNc1cc(Nc2ccc(F)cc2Br)nc(N)n1. The van der Waals surface area contributed by atoms with Crippen LogP contribution in [0.2, 0.25) is 0 Å². The van der Waals surface area contributed by atoms with Crippen LogP contribution in [0.15, 0.2) is 28.7 Å². The zero-order valence-corrected chi connectivity index (χ0v) is 11.1. The summed E-state index contributed by atoms with van der Waals surface area (Å²) in [6, 6.07) is 6.03. The number of nitrogens with one attached hydrogen (secondary N) is 2. The Morgan fingerprint density at radius 2 is 1.94 bits per heavy atom. The monoisotopic (exact) mass is 311 g/mol. The fourth-order valence-electron chi connectivity index (χ4n) is 1.39. The molecule has 0 amide bonds. The minimum absolute atomic E-state index is 0.155. The summed E-state index contributed by atoms with van der Waals surface area (Å²) in [5.74, 6) is 0.968. The van der Waals surface area contributed by atoms with Crippen molar-refractivity contribution >= 4 is 39.2 Å². The van der Waals surface area contributed by atoms with E-state index in [1.165, 1.54) is 12.1 Å². The van der Waals surface area contributed by atoms with Gasteiger partial charge in [0.05, 0.1) is 5.69 Å². The molecule has 94 valence electrons. The van der Waals surface area contributed by atoms with Gasteiger partial charge in [0.15, 0.2) is 0 Å². The topological polar surface area (TPSA) is 75.9 Å². The Bertz CT molecular complexity index is 575. The van der Waals surface area contributed by atoms with Crippen molar-refractivity contribution in [2.45, 2.75) is 0 Å². The van der Waals surface area contributed by atoms with Crippen LogP contribution in [-0.2, 0) is 0 Å². The molecule has 18 heavy (non-hydrogen) atoms. The average Bonchev–Trinajstić information content (AvgIpc) is 2.32. The summed E-state index contributed by atoms with van der Waals surface area (Å²) in [5.41, 5.74) is 6.27. The van der Waals surface area contributed by atoms with Gasteiger partial charge in [0, 0.05) is 17.6 Å². The van der Waals surface area contributed by atoms with Gasteiger partial charge in [-0.1, -0.05) is 0 Å². The number of hydrogen-bond donors (Lipinski definition) is 3. The maximum atomic E-state index is 13.0. The van der Waals surface area contributed by atoms with Gasteiger partial charge in [0.25, 0.3) is 0 Å². The van der Waals surface area contributed by atoms with E-state index in [4.69, 9.17) is 5.73 Å². The van der Waals surface area contributed by atoms with Crippen molar-refractivity contribution < 1.29 is 4.39 Å². The zero-order chi connectivity index (χ0) is 13.1. The second kappa shape index (κ2) is 5.18. The van der Waals surface area contributed by atoms with Gasteiger partial charge < -0.3 is 16.4 Å². The summed E-state index contributed by atoms with van der Waals surface area (Å²) in [7, 11) is 1.74. The molecule has 0 spiro atoms. The Hall–Kier alpha value is -1.89. The first-order chi connectivity index (χ1) is 8.58. The van der Waals surface area contributed by atoms with Crippen molar-refractivity contribution in [3.63, 3.8) is 0 Å². The highest BCUT2D eigenvalue weighted by atomic mass is 79.9. The van der Waals surface area contributed by atoms with Crippen molar-refractivity contribution in [2.24, 2.45) is 0 Å². The van der Waals surface area contributed by atoms with Crippen molar-refractivity contribution in [3.8, 4) is 0 Å². The van der Waals surface area contributed by atoms with Gasteiger partial charge in [-0.15, -0.1) is 0 Å². The van der Waals surface area contributed by atoms with E-state index in [0.717, 1.165) is 0 Å². The molecule has 2 aromatic rings. The number of nitrogens with zero attached hydrogens (tertiary/aromatic N) is 2.